The van der Waals surface area contributed by atoms with Gasteiger partial charge >= 0.3 is 0 Å². The van der Waals surface area contributed by atoms with Crippen molar-refractivity contribution in [3.05, 3.63) is 52.2 Å². The van der Waals surface area contributed by atoms with Gasteiger partial charge in [-0.05, 0) is 36.0 Å². The van der Waals surface area contributed by atoms with Crippen molar-refractivity contribution in [2.24, 2.45) is 0 Å². The first kappa shape index (κ1) is 15.1. The molecule has 1 N–H and O–H groups in total. The zero-order chi connectivity index (χ0) is 14.4. The van der Waals surface area contributed by atoms with Gasteiger partial charge in [0.2, 0.25) is 0 Å². The molecule has 2 nitrogen and oxygen atoms in total. The zero-order valence-corrected chi connectivity index (χ0v) is 13.4. The third-order valence-corrected chi connectivity index (χ3v) is 4.42. The van der Waals surface area contributed by atoms with E-state index >= 15 is 0 Å². The van der Waals surface area contributed by atoms with Crippen LogP contribution in [0, 0.1) is 0 Å². The average molecular weight is 288 g/mol. The van der Waals surface area contributed by atoms with Crippen LogP contribution in [0.4, 0.5) is 5.69 Å². The van der Waals surface area contributed by atoms with E-state index in [4.69, 9.17) is 0 Å². The third kappa shape index (κ3) is 3.62. The van der Waals surface area contributed by atoms with Crippen LogP contribution in [0.25, 0.3) is 0 Å². The van der Waals surface area contributed by atoms with Crippen LogP contribution in [-0.4, -0.2) is 13.6 Å². The van der Waals surface area contributed by atoms with Crippen LogP contribution in [0.15, 0.2) is 41.8 Å². The van der Waals surface area contributed by atoms with Crippen LogP contribution in [-0.2, 0) is 6.54 Å². The van der Waals surface area contributed by atoms with E-state index in [-0.39, 0.29) is 0 Å². The van der Waals surface area contributed by atoms with E-state index in [1.54, 1.807) is 0 Å². The van der Waals surface area contributed by atoms with Gasteiger partial charge in [-0.1, -0.05) is 38.1 Å². The topological polar surface area (TPSA) is 15.3 Å². The Balaban J connectivity index is 2.22. The van der Waals surface area contributed by atoms with Crippen molar-refractivity contribution in [1.29, 1.82) is 0 Å². The maximum absolute atomic E-state index is 3.58. The highest BCUT2D eigenvalue weighted by Gasteiger charge is 2.14. The lowest BCUT2D eigenvalue weighted by molar-refractivity contribution is 0.537. The minimum Gasteiger partial charge on any atom is -0.369 e. The number of para-hydroxylation sites is 1. The van der Waals surface area contributed by atoms with Gasteiger partial charge in [-0.2, -0.15) is 0 Å². The molecular weight excluding hydrogens is 264 g/mol. The van der Waals surface area contributed by atoms with Gasteiger partial charge in [0.05, 0.1) is 6.54 Å². The van der Waals surface area contributed by atoms with E-state index in [9.17, 15) is 0 Å². The monoisotopic (exact) mass is 288 g/mol. The van der Waals surface area contributed by atoms with E-state index < -0.39 is 0 Å². The maximum Gasteiger partial charge on any atom is 0.0519 e. The van der Waals surface area contributed by atoms with Crippen molar-refractivity contribution in [2.45, 2.75) is 32.9 Å². The number of thiophene rings is 1. The molecule has 0 aliphatic rings. The van der Waals surface area contributed by atoms with Crippen molar-refractivity contribution in [2.75, 3.05) is 18.5 Å². The Bertz CT molecular complexity index is 507. The molecule has 1 aromatic heterocycles. The van der Waals surface area contributed by atoms with Crippen LogP contribution in [0.2, 0.25) is 0 Å². The molecule has 1 unspecified atom stereocenters. The number of benzene rings is 1. The highest BCUT2D eigenvalue weighted by molar-refractivity contribution is 7.09. The molecule has 0 saturated heterocycles. The smallest absolute Gasteiger partial charge is 0.0519 e. The summed E-state index contributed by atoms with van der Waals surface area (Å²) < 4.78 is 0. The number of nitrogens with zero attached hydrogens (tertiary/aromatic N) is 1. The standard InChI is InChI=1S/C17H24N2S/c1-4-16(18-5-2)15-10-6-7-11-17(15)19(3)13-14-9-8-12-20-14/h6-12,16,18H,4-5,13H2,1-3H3. The number of rotatable bonds is 7. The largest absolute Gasteiger partial charge is 0.369 e. The summed E-state index contributed by atoms with van der Waals surface area (Å²) in [6.45, 7) is 6.38. The number of anilines is 1. The van der Waals surface area contributed by atoms with E-state index in [1.807, 2.05) is 11.3 Å². The first-order chi connectivity index (χ1) is 9.76. The van der Waals surface area contributed by atoms with Crippen LogP contribution < -0.4 is 10.2 Å². The second-order valence-corrected chi connectivity index (χ2v) is 6.04. The molecule has 0 aliphatic heterocycles. The molecule has 0 bridgehead atoms. The van der Waals surface area contributed by atoms with Gasteiger partial charge < -0.3 is 10.2 Å². The molecule has 0 aliphatic carbocycles. The van der Waals surface area contributed by atoms with Crippen LogP contribution in [0.1, 0.15) is 36.8 Å². The summed E-state index contributed by atoms with van der Waals surface area (Å²) in [6, 6.07) is 13.5. The molecule has 1 heterocycles. The van der Waals surface area contributed by atoms with Crippen molar-refractivity contribution < 1.29 is 0 Å². The second-order valence-electron chi connectivity index (χ2n) is 5.01. The quantitative estimate of drug-likeness (QED) is 0.810. The normalized spacial score (nSPS) is 12.3. The fourth-order valence-electron chi connectivity index (χ4n) is 2.57. The van der Waals surface area contributed by atoms with Gasteiger partial charge in [-0.15, -0.1) is 11.3 Å². The van der Waals surface area contributed by atoms with Crippen LogP contribution >= 0.6 is 11.3 Å². The average Bonchev–Trinajstić information content (AvgIpc) is 2.97. The Hall–Kier alpha value is -1.32. The van der Waals surface area contributed by atoms with Gasteiger partial charge in [0.15, 0.2) is 0 Å². The predicted molar refractivity (Wildman–Crippen MR) is 89.6 cm³/mol. The molecule has 20 heavy (non-hydrogen) atoms. The summed E-state index contributed by atoms with van der Waals surface area (Å²) in [5.74, 6) is 0. The first-order valence-corrected chi connectivity index (χ1v) is 8.20. The Morgan fingerprint density at radius 2 is 1.95 bits per heavy atom. The SMILES string of the molecule is CCNC(CC)c1ccccc1N(C)Cc1cccs1. The zero-order valence-electron chi connectivity index (χ0n) is 12.6. The summed E-state index contributed by atoms with van der Waals surface area (Å²) in [7, 11) is 2.18. The highest BCUT2D eigenvalue weighted by atomic mass is 32.1. The highest BCUT2D eigenvalue weighted by Crippen LogP contribution is 2.29. The van der Waals surface area contributed by atoms with Crippen molar-refractivity contribution in [1.82, 2.24) is 5.32 Å². The van der Waals surface area contributed by atoms with Gasteiger partial charge in [-0.25, -0.2) is 0 Å². The van der Waals surface area contributed by atoms with Gasteiger partial charge in [-0.3, -0.25) is 0 Å². The summed E-state index contributed by atoms with van der Waals surface area (Å²) in [5, 5.41) is 5.72. The molecule has 0 saturated carbocycles. The molecular formula is C17H24N2S. The van der Waals surface area contributed by atoms with Gasteiger partial charge in [0, 0.05) is 23.7 Å². The van der Waals surface area contributed by atoms with E-state index in [0.717, 1.165) is 19.5 Å². The van der Waals surface area contributed by atoms with Crippen LogP contribution in [0.5, 0.6) is 0 Å². The molecule has 1 atom stereocenters. The molecule has 2 aromatic rings. The first-order valence-electron chi connectivity index (χ1n) is 7.32. The van der Waals surface area contributed by atoms with E-state index in [0.29, 0.717) is 6.04 Å². The fourth-order valence-corrected chi connectivity index (χ4v) is 3.33. The van der Waals surface area contributed by atoms with E-state index in [1.165, 1.54) is 16.1 Å². The maximum atomic E-state index is 3.58. The Kier molecular flexibility index (Phi) is 5.62. The van der Waals surface area contributed by atoms with Gasteiger partial charge in [0.1, 0.15) is 0 Å². The number of nitrogens with one attached hydrogen (secondary N) is 1. The molecule has 0 radical (unpaired) electrons. The molecule has 2 rings (SSSR count). The Morgan fingerprint density at radius 1 is 1.15 bits per heavy atom. The lowest BCUT2D eigenvalue weighted by Crippen LogP contribution is -2.24. The van der Waals surface area contributed by atoms with E-state index in [2.05, 4.69) is 72.9 Å². The summed E-state index contributed by atoms with van der Waals surface area (Å²) in [5.41, 5.74) is 2.73. The summed E-state index contributed by atoms with van der Waals surface area (Å²) in [6.07, 6.45) is 1.11. The molecule has 0 amide bonds. The van der Waals surface area contributed by atoms with Crippen molar-refractivity contribution in [3.8, 4) is 0 Å². The Morgan fingerprint density at radius 3 is 2.60 bits per heavy atom. The lowest BCUT2D eigenvalue weighted by atomic mass is 10.0. The summed E-state index contributed by atoms with van der Waals surface area (Å²) >= 11 is 1.82. The lowest BCUT2D eigenvalue weighted by Gasteiger charge is -2.26. The minimum absolute atomic E-state index is 0.432. The van der Waals surface area contributed by atoms with Gasteiger partial charge in [0.25, 0.3) is 0 Å². The van der Waals surface area contributed by atoms with Crippen LogP contribution in [0.3, 0.4) is 0 Å². The predicted octanol–water partition coefficient (Wildman–Crippen LogP) is 4.45. The third-order valence-electron chi connectivity index (χ3n) is 3.56. The molecule has 108 valence electrons. The summed E-state index contributed by atoms with van der Waals surface area (Å²) in [4.78, 5) is 3.75. The molecule has 0 fully saturated rings. The Labute approximate surface area is 126 Å². The number of hydrogen-bond acceptors (Lipinski definition) is 3. The molecule has 3 heteroatoms. The molecule has 0 spiro atoms. The minimum atomic E-state index is 0.432. The van der Waals surface area contributed by atoms with Crippen molar-refractivity contribution >= 4 is 17.0 Å². The number of hydrogen-bond donors (Lipinski definition) is 1. The fraction of sp³-hybridized carbons (Fsp3) is 0.412. The second kappa shape index (κ2) is 7.46. The molecule has 1 aromatic carbocycles. The van der Waals surface area contributed by atoms with Crippen molar-refractivity contribution in [3.63, 3.8) is 0 Å².